The van der Waals surface area contributed by atoms with E-state index in [4.69, 9.17) is 0 Å². The molecule has 0 N–H and O–H groups in total. The zero-order chi connectivity index (χ0) is 13.9. The topological polar surface area (TPSA) is 54.5 Å². The van der Waals surface area contributed by atoms with Gasteiger partial charge in [0.1, 0.15) is 0 Å². The molecule has 1 aliphatic heterocycles. The molecule has 1 aromatic carbocycles. The molecule has 1 unspecified atom stereocenters. The van der Waals surface area contributed by atoms with E-state index in [1.54, 1.807) is 0 Å². The summed E-state index contributed by atoms with van der Waals surface area (Å²) in [6.07, 6.45) is 1.11. The Hall–Kier alpha value is -1.20. The molecule has 0 radical (unpaired) electrons. The summed E-state index contributed by atoms with van der Waals surface area (Å²) in [4.78, 5) is 13.9. The lowest BCUT2D eigenvalue weighted by molar-refractivity contribution is 0.0963. The summed E-state index contributed by atoms with van der Waals surface area (Å²) in [7, 11) is -0.965. The van der Waals surface area contributed by atoms with Gasteiger partial charge in [0.25, 0.3) is 0 Å². The Morgan fingerprint density at radius 1 is 1.32 bits per heavy atom. The van der Waals surface area contributed by atoms with Crippen LogP contribution < -0.4 is 0 Å². The van der Waals surface area contributed by atoms with Crippen LogP contribution in [0.15, 0.2) is 30.3 Å². The maximum atomic E-state index is 11.9. The average molecular weight is 281 g/mol. The monoisotopic (exact) mass is 281 g/mol. The molecule has 104 valence electrons. The molecule has 0 spiro atoms. The van der Waals surface area contributed by atoms with E-state index >= 15 is 0 Å². The van der Waals surface area contributed by atoms with Gasteiger partial charge in [-0.05, 0) is 13.5 Å². The van der Waals surface area contributed by atoms with Crippen molar-refractivity contribution < 1.29 is 13.2 Å². The highest BCUT2D eigenvalue weighted by molar-refractivity contribution is 7.91. The largest absolute Gasteiger partial charge is 0.302 e. The van der Waals surface area contributed by atoms with Gasteiger partial charge in [0.2, 0.25) is 0 Å². The van der Waals surface area contributed by atoms with Crippen LogP contribution in [0.5, 0.6) is 0 Å². The highest BCUT2D eigenvalue weighted by Gasteiger charge is 2.30. The van der Waals surface area contributed by atoms with Gasteiger partial charge in [0.05, 0.1) is 11.5 Å². The first kappa shape index (κ1) is 14.2. The molecule has 0 aromatic heterocycles. The number of sulfone groups is 1. The van der Waals surface area contributed by atoms with Crippen molar-refractivity contribution in [2.45, 2.75) is 18.9 Å². The van der Waals surface area contributed by atoms with E-state index in [1.807, 2.05) is 42.3 Å². The molecule has 1 atom stereocenters. The van der Waals surface area contributed by atoms with Gasteiger partial charge in [-0.25, -0.2) is 8.42 Å². The van der Waals surface area contributed by atoms with Crippen LogP contribution in [0.25, 0.3) is 0 Å². The number of hydrogen-bond donors (Lipinski definition) is 0. The molecule has 1 aliphatic rings. The van der Waals surface area contributed by atoms with Crippen LogP contribution in [0.3, 0.4) is 0 Å². The minimum atomic E-state index is -2.86. The second kappa shape index (κ2) is 5.84. The summed E-state index contributed by atoms with van der Waals surface area (Å²) < 4.78 is 22.8. The third-order valence-electron chi connectivity index (χ3n) is 3.62. The second-order valence-corrected chi connectivity index (χ2v) is 7.31. The van der Waals surface area contributed by atoms with Gasteiger partial charge in [-0.15, -0.1) is 0 Å². The van der Waals surface area contributed by atoms with Crippen LogP contribution in [-0.2, 0) is 9.84 Å². The van der Waals surface area contributed by atoms with Crippen LogP contribution in [0.1, 0.15) is 23.2 Å². The lowest BCUT2D eigenvalue weighted by Crippen LogP contribution is -2.34. The number of hydrogen-bond acceptors (Lipinski definition) is 4. The van der Waals surface area contributed by atoms with Gasteiger partial charge in [0, 0.05) is 24.6 Å². The van der Waals surface area contributed by atoms with Crippen molar-refractivity contribution in [3.05, 3.63) is 35.9 Å². The lowest BCUT2D eigenvalue weighted by atomic mass is 10.1. The van der Waals surface area contributed by atoms with E-state index in [-0.39, 0.29) is 23.3 Å². The Bertz CT molecular complexity index is 539. The standard InChI is InChI=1S/C14H19NO3S/c1-15(13-8-10-19(17,18)11-13)9-7-14(16)12-5-3-2-4-6-12/h2-6,13H,7-11H2,1H3. The number of carbonyl (C=O) groups is 1. The summed E-state index contributed by atoms with van der Waals surface area (Å²) in [6.45, 7) is 0.605. The molecule has 1 fully saturated rings. The van der Waals surface area contributed by atoms with Crippen molar-refractivity contribution in [2.24, 2.45) is 0 Å². The smallest absolute Gasteiger partial charge is 0.164 e. The Morgan fingerprint density at radius 2 is 2.00 bits per heavy atom. The van der Waals surface area contributed by atoms with Gasteiger partial charge in [-0.2, -0.15) is 0 Å². The number of nitrogens with zero attached hydrogens (tertiary/aromatic N) is 1. The lowest BCUT2D eigenvalue weighted by Gasteiger charge is -2.22. The minimum Gasteiger partial charge on any atom is -0.302 e. The normalized spacial score (nSPS) is 21.7. The Labute approximate surface area is 114 Å². The average Bonchev–Trinajstić information content (AvgIpc) is 2.77. The molecule has 19 heavy (non-hydrogen) atoms. The van der Waals surface area contributed by atoms with Crippen molar-refractivity contribution in [2.75, 3.05) is 25.1 Å². The highest BCUT2D eigenvalue weighted by Crippen LogP contribution is 2.17. The van der Waals surface area contributed by atoms with Crippen LogP contribution in [0.2, 0.25) is 0 Å². The zero-order valence-electron chi connectivity index (χ0n) is 11.1. The first-order valence-corrected chi connectivity index (χ1v) is 8.29. The zero-order valence-corrected chi connectivity index (χ0v) is 11.9. The van der Waals surface area contributed by atoms with E-state index in [0.717, 1.165) is 5.56 Å². The highest BCUT2D eigenvalue weighted by atomic mass is 32.2. The third-order valence-corrected chi connectivity index (χ3v) is 5.37. The number of rotatable bonds is 5. The fourth-order valence-corrected chi connectivity index (χ4v) is 4.16. The molecular weight excluding hydrogens is 262 g/mol. The van der Waals surface area contributed by atoms with E-state index in [0.29, 0.717) is 19.4 Å². The van der Waals surface area contributed by atoms with Gasteiger partial charge in [-0.3, -0.25) is 4.79 Å². The van der Waals surface area contributed by atoms with Crippen molar-refractivity contribution in [1.29, 1.82) is 0 Å². The predicted octanol–water partition coefficient (Wildman–Crippen LogP) is 1.38. The quantitative estimate of drug-likeness (QED) is 0.765. The molecule has 0 aliphatic carbocycles. The van der Waals surface area contributed by atoms with Gasteiger partial charge in [0.15, 0.2) is 15.6 Å². The minimum absolute atomic E-state index is 0.0635. The van der Waals surface area contributed by atoms with Crippen molar-refractivity contribution >= 4 is 15.6 Å². The van der Waals surface area contributed by atoms with Gasteiger partial charge >= 0.3 is 0 Å². The molecule has 4 nitrogen and oxygen atoms in total. The first-order chi connectivity index (χ1) is 8.98. The van der Waals surface area contributed by atoms with E-state index in [2.05, 4.69) is 0 Å². The maximum Gasteiger partial charge on any atom is 0.164 e. The molecule has 0 bridgehead atoms. The summed E-state index contributed by atoms with van der Waals surface area (Å²) in [5.41, 5.74) is 0.718. The van der Waals surface area contributed by atoms with E-state index in [9.17, 15) is 13.2 Å². The van der Waals surface area contributed by atoms with Crippen molar-refractivity contribution in [3.63, 3.8) is 0 Å². The summed E-state index contributed by atoms with van der Waals surface area (Å²) in [6, 6.07) is 9.26. The number of carbonyl (C=O) groups excluding carboxylic acids is 1. The SMILES string of the molecule is CN(CCC(=O)c1ccccc1)C1CCS(=O)(=O)C1. The molecule has 0 amide bonds. The Kier molecular flexibility index (Phi) is 4.37. The maximum absolute atomic E-state index is 11.9. The van der Waals surface area contributed by atoms with Crippen molar-refractivity contribution in [3.8, 4) is 0 Å². The molecule has 5 heteroatoms. The van der Waals surface area contributed by atoms with Crippen LogP contribution in [0.4, 0.5) is 0 Å². The predicted molar refractivity (Wildman–Crippen MR) is 75.1 cm³/mol. The first-order valence-electron chi connectivity index (χ1n) is 6.47. The molecule has 1 heterocycles. The van der Waals surface area contributed by atoms with Crippen LogP contribution >= 0.6 is 0 Å². The fraction of sp³-hybridized carbons (Fsp3) is 0.500. The third kappa shape index (κ3) is 3.88. The molecule has 1 aromatic rings. The van der Waals surface area contributed by atoms with E-state index < -0.39 is 9.84 Å². The van der Waals surface area contributed by atoms with Gasteiger partial charge < -0.3 is 4.90 Å². The second-order valence-electron chi connectivity index (χ2n) is 5.08. The summed E-state index contributed by atoms with van der Waals surface area (Å²) >= 11 is 0. The van der Waals surface area contributed by atoms with Crippen molar-refractivity contribution in [1.82, 2.24) is 4.90 Å². The van der Waals surface area contributed by atoms with Crippen LogP contribution in [0, 0.1) is 0 Å². The summed E-state index contributed by atoms with van der Waals surface area (Å²) in [5, 5.41) is 0. The number of benzene rings is 1. The Balaban J connectivity index is 1.84. The van der Waals surface area contributed by atoms with E-state index in [1.165, 1.54) is 0 Å². The van der Waals surface area contributed by atoms with Gasteiger partial charge in [-0.1, -0.05) is 30.3 Å². The molecule has 2 rings (SSSR count). The Morgan fingerprint density at radius 3 is 2.58 bits per heavy atom. The number of Topliss-reactive ketones (excluding diaryl/α,β-unsaturated/α-hetero) is 1. The van der Waals surface area contributed by atoms with Crippen LogP contribution in [-0.4, -0.2) is 50.2 Å². The number of ketones is 1. The molecule has 1 saturated heterocycles. The summed E-state index contributed by atoms with van der Waals surface area (Å²) in [5.74, 6) is 0.603. The molecular formula is C14H19NO3S. The molecule has 0 saturated carbocycles. The fourth-order valence-electron chi connectivity index (χ4n) is 2.35.